The van der Waals surface area contributed by atoms with Gasteiger partial charge in [-0.15, -0.1) is 0 Å². The van der Waals surface area contributed by atoms with E-state index in [1.807, 2.05) is 0 Å². The molecule has 21 heavy (non-hydrogen) atoms. The predicted octanol–water partition coefficient (Wildman–Crippen LogP) is 1.37. The van der Waals surface area contributed by atoms with Crippen LogP contribution in [0.25, 0.3) is 0 Å². The molecule has 0 heterocycles. The van der Waals surface area contributed by atoms with Crippen LogP contribution >= 0.6 is 11.6 Å². The summed E-state index contributed by atoms with van der Waals surface area (Å²) in [5.41, 5.74) is 0.119. The van der Waals surface area contributed by atoms with Crippen molar-refractivity contribution in [2.24, 2.45) is 0 Å². The Morgan fingerprint density at radius 3 is 2.76 bits per heavy atom. The average molecular weight is 310 g/mol. The highest BCUT2D eigenvalue weighted by Gasteiger charge is 2.10. The number of methoxy groups -OCH3 is 1. The highest BCUT2D eigenvalue weighted by molar-refractivity contribution is 6.32. The van der Waals surface area contributed by atoms with Crippen molar-refractivity contribution in [3.05, 3.63) is 35.0 Å². The molecule has 110 valence electrons. The Bertz CT molecular complexity index is 622. The summed E-state index contributed by atoms with van der Waals surface area (Å²) in [6.45, 7) is -0.396. The van der Waals surface area contributed by atoms with Gasteiger partial charge in [0.15, 0.2) is 0 Å². The number of amides is 1. The number of aliphatic carboxylic acids is 1. The highest BCUT2D eigenvalue weighted by atomic mass is 35.5. The zero-order valence-electron chi connectivity index (χ0n) is 11.0. The van der Waals surface area contributed by atoms with Crippen molar-refractivity contribution >= 4 is 29.2 Å². The second-order valence-corrected chi connectivity index (χ2v) is 4.16. The molecule has 0 saturated carbocycles. The first-order chi connectivity index (χ1) is 9.97. The molecule has 1 amide bonds. The van der Waals surface area contributed by atoms with Crippen molar-refractivity contribution < 1.29 is 19.4 Å². The van der Waals surface area contributed by atoms with Crippen molar-refractivity contribution in [2.75, 3.05) is 19.0 Å². The molecule has 1 aromatic rings. The summed E-state index contributed by atoms with van der Waals surface area (Å²) in [6, 6.07) is 6.26. The molecule has 7 nitrogen and oxygen atoms in total. The minimum atomic E-state index is -1.11. The summed E-state index contributed by atoms with van der Waals surface area (Å²) in [5, 5.41) is 22.4. The van der Waals surface area contributed by atoms with Crippen LogP contribution in [-0.4, -0.2) is 30.6 Å². The number of hydrogen-bond acceptors (Lipinski definition) is 5. The first-order valence-corrected chi connectivity index (χ1v) is 6.06. The third-order valence-corrected chi connectivity index (χ3v) is 2.57. The molecule has 0 saturated heterocycles. The minimum absolute atomic E-state index is 0.261. The molecule has 0 aliphatic heterocycles. The van der Waals surface area contributed by atoms with E-state index in [9.17, 15) is 9.59 Å². The number of hydrogen-bond donors (Lipinski definition) is 3. The Balaban J connectivity index is 2.77. The van der Waals surface area contributed by atoms with E-state index >= 15 is 0 Å². The number of carbonyl (C=O) groups is 2. The fourth-order valence-corrected chi connectivity index (χ4v) is 1.59. The Kier molecular flexibility index (Phi) is 6.04. The molecule has 8 heteroatoms. The molecule has 0 spiro atoms. The number of nitrogens with zero attached hydrogens (tertiary/aromatic N) is 1. The van der Waals surface area contributed by atoms with Crippen LogP contribution in [-0.2, 0) is 9.59 Å². The molecular weight excluding hydrogens is 298 g/mol. The summed E-state index contributed by atoms with van der Waals surface area (Å²) in [7, 11) is 1.46. The molecule has 0 aromatic heterocycles. The van der Waals surface area contributed by atoms with E-state index in [-0.39, 0.29) is 5.57 Å². The number of halogens is 1. The third-order valence-electron chi connectivity index (χ3n) is 2.27. The van der Waals surface area contributed by atoms with E-state index in [1.54, 1.807) is 18.2 Å². The number of rotatable bonds is 6. The van der Waals surface area contributed by atoms with Gasteiger partial charge in [0.2, 0.25) is 0 Å². The first kappa shape index (κ1) is 16.3. The van der Waals surface area contributed by atoms with E-state index in [4.69, 9.17) is 26.7 Å². The maximum atomic E-state index is 11.8. The second-order valence-electron chi connectivity index (χ2n) is 3.75. The van der Waals surface area contributed by atoms with Gasteiger partial charge < -0.3 is 20.5 Å². The summed E-state index contributed by atoms with van der Waals surface area (Å²) < 4.78 is 4.98. The maximum Gasteiger partial charge on any atom is 0.322 e. The van der Waals surface area contributed by atoms with Crippen molar-refractivity contribution in [3.8, 4) is 11.8 Å². The minimum Gasteiger partial charge on any atom is -0.495 e. The fourth-order valence-electron chi connectivity index (χ4n) is 1.33. The Morgan fingerprint density at radius 1 is 1.52 bits per heavy atom. The predicted molar refractivity (Wildman–Crippen MR) is 76.0 cm³/mol. The van der Waals surface area contributed by atoms with E-state index in [0.717, 1.165) is 6.20 Å². The second kappa shape index (κ2) is 7.77. The van der Waals surface area contributed by atoms with Gasteiger partial charge >= 0.3 is 5.97 Å². The molecule has 0 aliphatic rings. The van der Waals surface area contributed by atoms with Gasteiger partial charge in [-0.2, -0.15) is 5.26 Å². The van der Waals surface area contributed by atoms with Crippen LogP contribution in [0.4, 0.5) is 5.69 Å². The standard InChI is InChI=1S/C13H12ClN3O4/c1-21-11-3-2-9(4-10(11)14)17-13(20)8(5-15)6-16-7-12(18)19/h2-4,6,16H,7H2,1H3,(H,17,20)(H,18,19)/b8-6-. The zero-order chi connectivity index (χ0) is 15.8. The number of nitrogens with one attached hydrogen (secondary N) is 2. The van der Waals surface area contributed by atoms with Crippen LogP contribution in [0.5, 0.6) is 5.75 Å². The topological polar surface area (TPSA) is 111 Å². The zero-order valence-corrected chi connectivity index (χ0v) is 11.8. The molecule has 0 radical (unpaired) electrons. The quantitative estimate of drug-likeness (QED) is 0.540. The van der Waals surface area contributed by atoms with Crippen LogP contribution < -0.4 is 15.4 Å². The van der Waals surface area contributed by atoms with Gasteiger partial charge in [-0.3, -0.25) is 9.59 Å². The lowest BCUT2D eigenvalue weighted by atomic mass is 10.2. The summed E-state index contributed by atoms with van der Waals surface area (Å²) in [4.78, 5) is 22.1. The van der Waals surface area contributed by atoms with Crippen molar-refractivity contribution in [3.63, 3.8) is 0 Å². The number of ether oxygens (including phenoxy) is 1. The van der Waals surface area contributed by atoms with Crippen LogP contribution in [0.15, 0.2) is 30.0 Å². The number of nitriles is 1. The van der Waals surface area contributed by atoms with Crippen LogP contribution in [0.1, 0.15) is 0 Å². The number of anilines is 1. The van der Waals surface area contributed by atoms with Gasteiger partial charge in [0.1, 0.15) is 23.9 Å². The lowest BCUT2D eigenvalue weighted by Gasteiger charge is -2.07. The Morgan fingerprint density at radius 2 is 2.24 bits per heavy atom. The number of carboxylic acid groups (broad SMARTS) is 1. The monoisotopic (exact) mass is 309 g/mol. The van der Waals surface area contributed by atoms with Gasteiger partial charge in [-0.1, -0.05) is 11.6 Å². The molecule has 1 aromatic carbocycles. The van der Waals surface area contributed by atoms with Gasteiger partial charge in [-0.05, 0) is 18.2 Å². The summed E-state index contributed by atoms with van der Waals surface area (Å²) in [6.07, 6.45) is 1.04. The third kappa shape index (κ3) is 5.04. The van der Waals surface area contributed by atoms with Crippen LogP contribution in [0.2, 0.25) is 5.02 Å². The number of carbonyl (C=O) groups excluding carboxylic acids is 1. The number of benzene rings is 1. The van der Waals surface area contributed by atoms with E-state index < -0.39 is 18.4 Å². The Hall–Kier alpha value is -2.72. The molecule has 0 aliphatic carbocycles. The van der Waals surface area contributed by atoms with Crippen LogP contribution in [0.3, 0.4) is 0 Å². The summed E-state index contributed by atoms with van der Waals surface area (Å²) >= 11 is 5.91. The number of carboxylic acids is 1. The van der Waals surface area contributed by atoms with Crippen molar-refractivity contribution in [1.29, 1.82) is 5.26 Å². The fraction of sp³-hybridized carbons (Fsp3) is 0.154. The smallest absolute Gasteiger partial charge is 0.322 e. The van der Waals surface area contributed by atoms with Crippen molar-refractivity contribution in [2.45, 2.75) is 0 Å². The van der Waals surface area contributed by atoms with E-state index in [2.05, 4.69) is 10.6 Å². The molecule has 3 N–H and O–H groups in total. The molecule has 0 bridgehead atoms. The average Bonchev–Trinajstić information content (AvgIpc) is 2.43. The molecule has 0 unspecified atom stereocenters. The molecule has 0 atom stereocenters. The van der Waals surface area contributed by atoms with Gasteiger partial charge in [0.25, 0.3) is 5.91 Å². The molecular formula is C13H12ClN3O4. The van der Waals surface area contributed by atoms with Gasteiger partial charge in [0.05, 0.1) is 12.1 Å². The van der Waals surface area contributed by atoms with E-state index in [0.29, 0.717) is 16.5 Å². The largest absolute Gasteiger partial charge is 0.495 e. The van der Waals surface area contributed by atoms with E-state index in [1.165, 1.54) is 13.2 Å². The van der Waals surface area contributed by atoms with Crippen LogP contribution in [0, 0.1) is 11.3 Å². The Labute approximate surface area is 125 Å². The molecule has 1 rings (SSSR count). The SMILES string of the molecule is COc1ccc(NC(=O)/C(C#N)=C\NCC(=O)O)cc1Cl. The highest BCUT2D eigenvalue weighted by Crippen LogP contribution is 2.27. The van der Waals surface area contributed by atoms with Crippen molar-refractivity contribution in [1.82, 2.24) is 5.32 Å². The van der Waals surface area contributed by atoms with Gasteiger partial charge in [0, 0.05) is 11.9 Å². The normalized spacial score (nSPS) is 10.4. The summed E-state index contributed by atoms with van der Waals surface area (Å²) in [5.74, 6) is -1.34. The maximum absolute atomic E-state index is 11.8. The lowest BCUT2D eigenvalue weighted by molar-refractivity contribution is -0.135. The van der Waals surface area contributed by atoms with Gasteiger partial charge in [-0.25, -0.2) is 0 Å². The first-order valence-electron chi connectivity index (χ1n) is 5.68. The molecule has 0 fully saturated rings. The lowest BCUT2D eigenvalue weighted by Crippen LogP contribution is -2.20.